The Morgan fingerprint density at radius 2 is 1.81 bits per heavy atom. The van der Waals surface area contributed by atoms with Crippen LogP contribution in [-0.4, -0.2) is 53.3 Å². The minimum Gasteiger partial charge on any atom is -0.506 e. The van der Waals surface area contributed by atoms with Crippen molar-refractivity contribution in [1.29, 1.82) is 0 Å². The first-order chi connectivity index (χ1) is 10.2. The minimum atomic E-state index is -0.464. The average Bonchev–Trinajstić information content (AvgIpc) is 2.93. The highest BCUT2D eigenvalue weighted by atomic mass is 16.3. The molecule has 2 aliphatic rings. The average molecular weight is 290 g/mol. The smallest absolute Gasteiger partial charge is 0.228 e. The molecule has 2 atom stereocenters. The highest BCUT2D eigenvalue weighted by molar-refractivity contribution is 5.80. The number of para-hydroxylation sites is 2. The maximum atomic E-state index is 12.4. The number of carbonyl (C=O) groups is 1. The SMILES string of the molecule is O=C(C1CCCC1O)N1CCN(c2ccccc2O)CC1. The van der Waals surface area contributed by atoms with Crippen LogP contribution >= 0.6 is 0 Å². The van der Waals surface area contributed by atoms with E-state index in [0.29, 0.717) is 26.2 Å². The number of hydrogen-bond donors (Lipinski definition) is 2. The summed E-state index contributed by atoms with van der Waals surface area (Å²) >= 11 is 0. The molecule has 0 radical (unpaired) electrons. The topological polar surface area (TPSA) is 64.0 Å². The predicted octanol–water partition coefficient (Wildman–Crippen LogP) is 1.20. The summed E-state index contributed by atoms with van der Waals surface area (Å²) in [6.45, 7) is 2.73. The first-order valence-electron chi connectivity index (χ1n) is 7.66. The molecular formula is C16H22N2O3. The molecule has 1 saturated heterocycles. The molecule has 1 aromatic carbocycles. The van der Waals surface area contributed by atoms with Crippen LogP contribution in [-0.2, 0) is 4.79 Å². The van der Waals surface area contributed by atoms with Crippen molar-refractivity contribution in [3.63, 3.8) is 0 Å². The number of hydrogen-bond acceptors (Lipinski definition) is 4. The van der Waals surface area contributed by atoms with E-state index < -0.39 is 6.10 Å². The van der Waals surface area contributed by atoms with Gasteiger partial charge in [-0.1, -0.05) is 12.1 Å². The molecule has 2 fully saturated rings. The fourth-order valence-corrected chi connectivity index (χ4v) is 3.36. The number of aromatic hydroxyl groups is 1. The summed E-state index contributed by atoms with van der Waals surface area (Å²) in [4.78, 5) is 16.4. The van der Waals surface area contributed by atoms with Crippen LogP contribution in [0.3, 0.4) is 0 Å². The number of piperazine rings is 1. The highest BCUT2D eigenvalue weighted by Crippen LogP contribution is 2.30. The van der Waals surface area contributed by atoms with Crippen molar-refractivity contribution in [3.05, 3.63) is 24.3 Å². The Hall–Kier alpha value is -1.75. The molecule has 1 amide bonds. The molecule has 1 aromatic rings. The number of amides is 1. The second-order valence-electron chi connectivity index (χ2n) is 5.91. The molecule has 3 rings (SSSR count). The molecule has 0 bridgehead atoms. The number of benzene rings is 1. The fourth-order valence-electron chi connectivity index (χ4n) is 3.36. The molecule has 5 nitrogen and oxygen atoms in total. The third kappa shape index (κ3) is 2.83. The van der Waals surface area contributed by atoms with Gasteiger partial charge in [-0.2, -0.15) is 0 Å². The zero-order chi connectivity index (χ0) is 14.8. The van der Waals surface area contributed by atoms with Crippen molar-refractivity contribution in [3.8, 4) is 5.75 Å². The molecule has 2 N–H and O–H groups in total. The monoisotopic (exact) mass is 290 g/mol. The van der Waals surface area contributed by atoms with Crippen LogP contribution in [0.15, 0.2) is 24.3 Å². The zero-order valence-corrected chi connectivity index (χ0v) is 12.1. The van der Waals surface area contributed by atoms with Crippen molar-refractivity contribution in [2.75, 3.05) is 31.1 Å². The van der Waals surface area contributed by atoms with Gasteiger partial charge < -0.3 is 20.0 Å². The second kappa shape index (κ2) is 5.93. The molecule has 114 valence electrons. The van der Waals surface area contributed by atoms with Crippen LogP contribution in [0.25, 0.3) is 0 Å². The molecule has 1 heterocycles. The van der Waals surface area contributed by atoms with Gasteiger partial charge in [-0.25, -0.2) is 0 Å². The molecule has 21 heavy (non-hydrogen) atoms. The molecule has 2 unspecified atom stereocenters. The third-order valence-electron chi connectivity index (χ3n) is 4.61. The van der Waals surface area contributed by atoms with E-state index in [2.05, 4.69) is 4.90 Å². The summed E-state index contributed by atoms with van der Waals surface area (Å²) in [5.41, 5.74) is 0.825. The summed E-state index contributed by atoms with van der Waals surface area (Å²) in [7, 11) is 0. The van der Waals surface area contributed by atoms with E-state index in [-0.39, 0.29) is 17.6 Å². The molecule has 0 aromatic heterocycles. The number of rotatable bonds is 2. The van der Waals surface area contributed by atoms with Crippen LogP contribution < -0.4 is 4.90 Å². The first kappa shape index (κ1) is 14.2. The molecule has 1 saturated carbocycles. The number of anilines is 1. The van der Waals surface area contributed by atoms with Crippen molar-refractivity contribution in [2.45, 2.75) is 25.4 Å². The van der Waals surface area contributed by atoms with Crippen molar-refractivity contribution < 1.29 is 15.0 Å². The van der Waals surface area contributed by atoms with Gasteiger partial charge in [0.2, 0.25) is 5.91 Å². The summed E-state index contributed by atoms with van der Waals surface area (Å²) in [5, 5.41) is 19.8. The summed E-state index contributed by atoms with van der Waals surface area (Å²) in [6.07, 6.45) is 2.03. The number of carbonyl (C=O) groups excluding carboxylic acids is 1. The van der Waals surface area contributed by atoms with Crippen molar-refractivity contribution in [1.82, 2.24) is 4.90 Å². The highest BCUT2D eigenvalue weighted by Gasteiger charge is 2.35. The Morgan fingerprint density at radius 1 is 1.10 bits per heavy atom. The lowest BCUT2D eigenvalue weighted by Crippen LogP contribution is -2.51. The summed E-state index contributed by atoms with van der Waals surface area (Å²) in [5.74, 6) is 0.169. The molecule has 1 aliphatic carbocycles. The Bertz CT molecular complexity index is 512. The maximum Gasteiger partial charge on any atom is 0.228 e. The van der Waals surface area contributed by atoms with Gasteiger partial charge in [0.05, 0.1) is 17.7 Å². The number of phenolic OH excluding ortho intramolecular Hbond substituents is 1. The van der Waals surface area contributed by atoms with Crippen LogP contribution in [0.4, 0.5) is 5.69 Å². The minimum absolute atomic E-state index is 0.0944. The second-order valence-corrected chi connectivity index (χ2v) is 5.91. The number of aliphatic hydroxyl groups excluding tert-OH is 1. The Balaban J connectivity index is 1.60. The summed E-state index contributed by atoms with van der Waals surface area (Å²) < 4.78 is 0. The van der Waals surface area contributed by atoms with Crippen LogP contribution in [0.5, 0.6) is 5.75 Å². The van der Waals surface area contributed by atoms with Gasteiger partial charge in [0.25, 0.3) is 0 Å². The normalized spacial score (nSPS) is 26.1. The van der Waals surface area contributed by atoms with Gasteiger partial charge in [-0.3, -0.25) is 4.79 Å². The fraction of sp³-hybridized carbons (Fsp3) is 0.562. The Morgan fingerprint density at radius 3 is 2.43 bits per heavy atom. The number of nitrogens with zero attached hydrogens (tertiary/aromatic N) is 2. The van der Waals surface area contributed by atoms with Gasteiger partial charge in [0, 0.05) is 26.2 Å². The van der Waals surface area contributed by atoms with Gasteiger partial charge in [-0.05, 0) is 31.4 Å². The lowest BCUT2D eigenvalue weighted by atomic mass is 10.0. The molecular weight excluding hydrogens is 268 g/mol. The van der Waals surface area contributed by atoms with Gasteiger partial charge in [0.1, 0.15) is 5.75 Å². The molecule has 5 heteroatoms. The van der Waals surface area contributed by atoms with Crippen LogP contribution in [0.1, 0.15) is 19.3 Å². The van der Waals surface area contributed by atoms with E-state index in [0.717, 1.165) is 24.9 Å². The maximum absolute atomic E-state index is 12.4. The van der Waals surface area contributed by atoms with E-state index in [1.54, 1.807) is 12.1 Å². The zero-order valence-electron chi connectivity index (χ0n) is 12.1. The number of phenols is 1. The van der Waals surface area contributed by atoms with Crippen molar-refractivity contribution in [2.24, 2.45) is 5.92 Å². The quantitative estimate of drug-likeness (QED) is 0.859. The van der Waals surface area contributed by atoms with Gasteiger partial charge in [-0.15, -0.1) is 0 Å². The number of aliphatic hydroxyl groups is 1. The predicted molar refractivity (Wildman–Crippen MR) is 80.2 cm³/mol. The Labute approximate surface area is 124 Å². The van der Waals surface area contributed by atoms with Crippen LogP contribution in [0.2, 0.25) is 0 Å². The van der Waals surface area contributed by atoms with Crippen molar-refractivity contribution >= 4 is 11.6 Å². The van der Waals surface area contributed by atoms with E-state index in [1.165, 1.54) is 0 Å². The van der Waals surface area contributed by atoms with E-state index >= 15 is 0 Å². The van der Waals surface area contributed by atoms with Gasteiger partial charge >= 0.3 is 0 Å². The molecule has 1 aliphatic heterocycles. The summed E-state index contributed by atoms with van der Waals surface area (Å²) in [6, 6.07) is 7.29. The third-order valence-corrected chi connectivity index (χ3v) is 4.61. The van der Waals surface area contributed by atoms with E-state index in [1.807, 2.05) is 17.0 Å². The van der Waals surface area contributed by atoms with E-state index in [4.69, 9.17) is 0 Å². The lowest BCUT2D eigenvalue weighted by Gasteiger charge is -2.37. The largest absolute Gasteiger partial charge is 0.506 e. The van der Waals surface area contributed by atoms with E-state index in [9.17, 15) is 15.0 Å². The lowest BCUT2D eigenvalue weighted by molar-refractivity contribution is -0.138. The standard InChI is InChI=1S/C16H22N2O3/c19-14-7-3-4-12(14)16(21)18-10-8-17(9-11-18)13-5-1-2-6-15(13)20/h1-2,5-6,12,14,19-20H,3-4,7-11H2. The first-order valence-corrected chi connectivity index (χ1v) is 7.66. The van der Waals surface area contributed by atoms with Gasteiger partial charge in [0.15, 0.2) is 0 Å². The Kier molecular flexibility index (Phi) is 4.01. The molecule has 0 spiro atoms. The van der Waals surface area contributed by atoms with Crippen LogP contribution in [0, 0.1) is 5.92 Å².